The summed E-state index contributed by atoms with van der Waals surface area (Å²) in [6, 6.07) is 76.5. The molecule has 11 rings (SSSR count). The molecule has 2 heteroatoms. The highest BCUT2D eigenvalue weighted by atomic mass is 16.3. The van der Waals surface area contributed by atoms with E-state index in [-0.39, 0.29) is 12.0 Å². The van der Waals surface area contributed by atoms with Gasteiger partial charge in [0, 0.05) is 27.5 Å². The summed E-state index contributed by atoms with van der Waals surface area (Å²) in [7, 11) is 0. The Hall–Kier alpha value is -7.68. The Morgan fingerprint density at radius 2 is 1.00 bits per heavy atom. The van der Waals surface area contributed by atoms with Crippen molar-refractivity contribution in [3.63, 3.8) is 0 Å². The normalized spacial score (nSPS) is 15.0. The fourth-order valence-electron chi connectivity index (χ4n) is 9.31. The van der Waals surface area contributed by atoms with Crippen LogP contribution in [0.25, 0.3) is 82.8 Å². The lowest BCUT2D eigenvalue weighted by Gasteiger charge is -2.37. The van der Waals surface area contributed by atoms with Crippen molar-refractivity contribution in [3.05, 3.63) is 236 Å². The van der Waals surface area contributed by atoms with Crippen LogP contribution in [0, 0.1) is 5.92 Å². The molecular weight excluding hydrogens is 739 g/mol. The number of furan rings is 1. The molecule has 1 heterocycles. The van der Waals surface area contributed by atoms with Gasteiger partial charge in [-0.25, -0.2) is 0 Å². The molecule has 1 aromatic heterocycles. The van der Waals surface area contributed by atoms with Crippen molar-refractivity contribution in [1.29, 1.82) is 0 Å². The predicted octanol–water partition coefficient (Wildman–Crippen LogP) is 16.2. The van der Waals surface area contributed by atoms with E-state index in [1.54, 1.807) is 0 Å². The summed E-state index contributed by atoms with van der Waals surface area (Å²) >= 11 is 0. The first kappa shape index (κ1) is 36.4. The third-order valence-electron chi connectivity index (χ3n) is 12.4. The van der Waals surface area contributed by atoms with Crippen molar-refractivity contribution >= 4 is 49.7 Å². The van der Waals surface area contributed by atoms with Crippen LogP contribution in [-0.4, -0.2) is 6.04 Å². The molecule has 0 fully saturated rings. The van der Waals surface area contributed by atoms with Gasteiger partial charge in [0.15, 0.2) is 0 Å². The number of nitrogens with zero attached hydrogens (tertiary/aromatic N) is 1. The Morgan fingerprint density at radius 1 is 0.426 bits per heavy atom. The first-order valence-electron chi connectivity index (χ1n) is 21.2. The Bertz CT molecular complexity index is 3230. The summed E-state index contributed by atoms with van der Waals surface area (Å²) in [5.41, 5.74) is 16.2. The van der Waals surface area contributed by atoms with Gasteiger partial charge in [0.25, 0.3) is 0 Å². The summed E-state index contributed by atoms with van der Waals surface area (Å²) in [5.74, 6) is 0.174. The highest BCUT2D eigenvalue weighted by Crippen LogP contribution is 2.43. The lowest BCUT2D eigenvalue weighted by atomic mass is 9.86. The van der Waals surface area contributed by atoms with E-state index in [4.69, 9.17) is 4.42 Å². The standard InChI is InChI=1S/C59H43NO/c1-40-38-48(52-22-13-23-57-58(52)54-35-30-46-20-11-12-21-53(46)59(54)61-57)31-37-56(40)60(49-32-28-44(29-33-49)42-16-7-3-8-17-42)50-34-36-51(55(39-50)45-18-9-4-10-19-45)47-26-24-43(25-27-47)41-14-5-2-6-15-41/h2-40,56H,1H3. The van der Waals surface area contributed by atoms with Gasteiger partial charge in [-0.3, -0.25) is 0 Å². The van der Waals surface area contributed by atoms with E-state index in [2.05, 4.69) is 242 Å². The fraction of sp³-hybridized carbons (Fsp3) is 0.0508. The molecule has 290 valence electrons. The molecular formula is C59H43NO. The number of hydrogen-bond acceptors (Lipinski definition) is 2. The molecule has 0 saturated heterocycles. The molecule has 10 aromatic rings. The van der Waals surface area contributed by atoms with Gasteiger partial charge in [0.05, 0.1) is 6.04 Å². The Balaban J connectivity index is 1.02. The minimum absolute atomic E-state index is 0.0511. The van der Waals surface area contributed by atoms with Crippen LogP contribution in [0.1, 0.15) is 12.5 Å². The lowest BCUT2D eigenvalue weighted by Crippen LogP contribution is -2.35. The summed E-state index contributed by atoms with van der Waals surface area (Å²) < 4.78 is 6.60. The average molecular weight is 782 g/mol. The molecule has 2 atom stereocenters. The quantitative estimate of drug-likeness (QED) is 0.153. The highest BCUT2D eigenvalue weighted by Gasteiger charge is 2.28. The van der Waals surface area contributed by atoms with Gasteiger partial charge in [0.2, 0.25) is 0 Å². The molecule has 0 spiro atoms. The molecule has 9 aromatic carbocycles. The number of allylic oxidation sites excluding steroid dienone is 2. The number of anilines is 2. The van der Waals surface area contributed by atoms with E-state index < -0.39 is 0 Å². The Morgan fingerprint density at radius 3 is 1.69 bits per heavy atom. The first-order valence-corrected chi connectivity index (χ1v) is 21.2. The number of benzene rings is 9. The second-order valence-corrected chi connectivity index (χ2v) is 16.1. The molecule has 0 bridgehead atoms. The molecule has 1 aliphatic carbocycles. The van der Waals surface area contributed by atoms with Crippen LogP contribution < -0.4 is 4.90 Å². The third-order valence-corrected chi connectivity index (χ3v) is 12.4. The topological polar surface area (TPSA) is 16.4 Å². The largest absolute Gasteiger partial charge is 0.455 e. The Labute approximate surface area is 357 Å². The summed E-state index contributed by atoms with van der Waals surface area (Å²) in [5, 5.41) is 4.64. The van der Waals surface area contributed by atoms with E-state index >= 15 is 0 Å². The van der Waals surface area contributed by atoms with E-state index in [1.165, 1.54) is 61.0 Å². The van der Waals surface area contributed by atoms with Crippen LogP contribution in [0.5, 0.6) is 0 Å². The minimum Gasteiger partial charge on any atom is -0.455 e. The number of hydrogen-bond donors (Lipinski definition) is 0. The van der Waals surface area contributed by atoms with Gasteiger partial charge >= 0.3 is 0 Å². The maximum Gasteiger partial charge on any atom is 0.143 e. The van der Waals surface area contributed by atoms with Gasteiger partial charge in [-0.05, 0) is 103 Å². The van der Waals surface area contributed by atoms with Gasteiger partial charge in [-0.1, -0.05) is 201 Å². The van der Waals surface area contributed by atoms with Crippen molar-refractivity contribution in [1.82, 2.24) is 0 Å². The van der Waals surface area contributed by atoms with Crippen molar-refractivity contribution in [3.8, 4) is 44.5 Å². The monoisotopic (exact) mass is 781 g/mol. The second-order valence-electron chi connectivity index (χ2n) is 16.1. The molecule has 2 unspecified atom stereocenters. The van der Waals surface area contributed by atoms with Gasteiger partial charge in [-0.2, -0.15) is 0 Å². The summed E-state index contributed by atoms with van der Waals surface area (Å²) in [4.78, 5) is 2.53. The fourth-order valence-corrected chi connectivity index (χ4v) is 9.31. The molecule has 0 radical (unpaired) electrons. The Kier molecular flexibility index (Phi) is 9.24. The molecule has 2 nitrogen and oxygen atoms in total. The first-order chi connectivity index (χ1) is 30.2. The molecule has 0 amide bonds. The van der Waals surface area contributed by atoms with Crippen molar-refractivity contribution in [2.45, 2.75) is 13.0 Å². The van der Waals surface area contributed by atoms with Crippen LogP contribution in [0.15, 0.2) is 235 Å². The molecule has 0 saturated carbocycles. The van der Waals surface area contributed by atoms with Crippen LogP contribution >= 0.6 is 0 Å². The zero-order chi connectivity index (χ0) is 40.7. The van der Waals surface area contributed by atoms with Crippen molar-refractivity contribution in [2.75, 3.05) is 4.90 Å². The summed E-state index contributed by atoms with van der Waals surface area (Å²) in [6.45, 7) is 2.35. The van der Waals surface area contributed by atoms with Crippen molar-refractivity contribution < 1.29 is 4.42 Å². The van der Waals surface area contributed by atoms with Gasteiger partial charge in [-0.15, -0.1) is 0 Å². The van der Waals surface area contributed by atoms with E-state index in [0.29, 0.717) is 0 Å². The third kappa shape index (κ3) is 6.73. The zero-order valence-electron chi connectivity index (χ0n) is 33.9. The molecule has 0 N–H and O–H groups in total. The summed E-state index contributed by atoms with van der Waals surface area (Å²) in [6.07, 6.45) is 7.18. The maximum atomic E-state index is 6.60. The van der Waals surface area contributed by atoms with Crippen LogP contribution in [0.4, 0.5) is 11.4 Å². The zero-order valence-corrected chi connectivity index (χ0v) is 33.9. The SMILES string of the molecule is CC1C=C(c2cccc3oc4c5ccccc5ccc4c23)C=CC1N(c1ccc(-c2ccccc2)cc1)c1ccc(-c2ccc(-c3ccccc3)cc2)c(-c2ccccc2)c1. The number of rotatable bonds is 8. The van der Waals surface area contributed by atoms with Crippen LogP contribution in [0.3, 0.4) is 0 Å². The van der Waals surface area contributed by atoms with Crippen LogP contribution in [-0.2, 0) is 0 Å². The van der Waals surface area contributed by atoms with Gasteiger partial charge in [0.1, 0.15) is 11.2 Å². The molecule has 1 aliphatic rings. The maximum absolute atomic E-state index is 6.60. The number of fused-ring (bicyclic) bond motifs is 5. The van der Waals surface area contributed by atoms with Gasteiger partial charge < -0.3 is 9.32 Å². The molecule has 0 aliphatic heterocycles. The smallest absolute Gasteiger partial charge is 0.143 e. The van der Waals surface area contributed by atoms with E-state index in [0.717, 1.165) is 38.7 Å². The van der Waals surface area contributed by atoms with E-state index in [1.807, 2.05) is 0 Å². The highest BCUT2D eigenvalue weighted by molar-refractivity contribution is 6.18. The van der Waals surface area contributed by atoms with Crippen LogP contribution in [0.2, 0.25) is 0 Å². The lowest BCUT2D eigenvalue weighted by molar-refractivity contribution is 0.611. The predicted molar refractivity (Wildman–Crippen MR) is 258 cm³/mol. The minimum atomic E-state index is 0.0511. The second kappa shape index (κ2) is 15.5. The molecule has 61 heavy (non-hydrogen) atoms. The average Bonchev–Trinajstić information content (AvgIpc) is 3.73. The van der Waals surface area contributed by atoms with E-state index in [9.17, 15) is 0 Å². The van der Waals surface area contributed by atoms with Crippen molar-refractivity contribution in [2.24, 2.45) is 5.92 Å².